The molecule has 11 heteroatoms. The fourth-order valence-corrected chi connectivity index (χ4v) is 6.90. The first-order chi connectivity index (χ1) is 20.4. The van der Waals surface area contributed by atoms with Crippen LogP contribution in [-0.4, -0.2) is 61.6 Å². The number of hydrogen-bond acceptors (Lipinski definition) is 10. The van der Waals surface area contributed by atoms with Crippen LogP contribution >= 0.6 is 11.3 Å². The monoisotopic (exact) mass is 600 g/mol. The highest BCUT2D eigenvalue weighted by Gasteiger charge is 2.26. The molecule has 1 aliphatic rings. The second-order valence-electron chi connectivity index (χ2n) is 10.4. The number of aryl methyl sites for hydroxylation is 1. The molecule has 0 amide bonds. The normalized spacial score (nSPS) is 13.8. The molecule has 0 radical (unpaired) electrons. The maximum atomic E-state index is 13.4. The summed E-state index contributed by atoms with van der Waals surface area (Å²) in [4.78, 5) is 22.1. The molecule has 42 heavy (non-hydrogen) atoms. The molecule has 0 aliphatic carbocycles. The highest BCUT2D eigenvalue weighted by Crippen LogP contribution is 2.31. The zero-order valence-corrected chi connectivity index (χ0v) is 25.2. The molecule has 3 heterocycles. The summed E-state index contributed by atoms with van der Waals surface area (Å²) in [5.74, 6) is 0.337. The van der Waals surface area contributed by atoms with E-state index in [1.807, 2.05) is 37.1 Å². The van der Waals surface area contributed by atoms with Crippen molar-refractivity contribution in [3.63, 3.8) is 0 Å². The number of sulfone groups is 1. The molecular weight excluding hydrogens is 569 g/mol. The van der Waals surface area contributed by atoms with Crippen LogP contribution in [0, 0.1) is 6.92 Å². The van der Waals surface area contributed by atoms with Gasteiger partial charge in [-0.3, -0.25) is 0 Å². The van der Waals surface area contributed by atoms with Crippen LogP contribution in [0.1, 0.15) is 24.8 Å². The number of nitrogens with zero attached hydrogens (tertiary/aromatic N) is 6. The van der Waals surface area contributed by atoms with E-state index in [-0.39, 0.29) is 22.7 Å². The van der Waals surface area contributed by atoms with Crippen LogP contribution in [0.4, 0.5) is 11.6 Å². The SMILES string of the molecule is Cc1ccc(S(=O)(=O)c2nc(OCCN(C)c3ccc(-c4nc5ccccc5s4)cc3)nc(N3CCCCC3)n2)cc1. The molecule has 6 rings (SSSR count). The summed E-state index contributed by atoms with van der Waals surface area (Å²) in [5.41, 5.74) is 4.07. The predicted molar refractivity (Wildman–Crippen MR) is 166 cm³/mol. The van der Waals surface area contributed by atoms with Gasteiger partial charge in [0.25, 0.3) is 5.16 Å². The van der Waals surface area contributed by atoms with Gasteiger partial charge in [0.2, 0.25) is 15.8 Å². The third-order valence-electron chi connectivity index (χ3n) is 7.30. The Hall–Kier alpha value is -4.09. The highest BCUT2D eigenvalue weighted by atomic mass is 32.2. The summed E-state index contributed by atoms with van der Waals surface area (Å²) in [5, 5.41) is 0.695. The summed E-state index contributed by atoms with van der Waals surface area (Å²) < 4.78 is 34.0. The van der Waals surface area contributed by atoms with Crippen molar-refractivity contribution in [3.8, 4) is 16.6 Å². The van der Waals surface area contributed by atoms with Gasteiger partial charge < -0.3 is 14.5 Å². The Balaban J connectivity index is 1.16. The lowest BCUT2D eigenvalue weighted by atomic mass is 10.1. The van der Waals surface area contributed by atoms with Crippen molar-refractivity contribution in [1.29, 1.82) is 0 Å². The minimum atomic E-state index is -3.94. The van der Waals surface area contributed by atoms with E-state index in [0.29, 0.717) is 12.5 Å². The molecule has 1 fully saturated rings. The molecule has 216 valence electrons. The Morgan fingerprint density at radius 1 is 0.881 bits per heavy atom. The second-order valence-corrected chi connectivity index (χ2v) is 13.2. The van der Waals surface area contributed by atoms with Crippen molar-refractivity contribution in [2.75, 3.05) is 43.1 Å². The maximum Gasteiger partial charge on any atom is 0.322 e. The van der Waals surface area contributed by atoms with Gasteiger partial charge in [0, 0.05) is 31.4 Å². The van der Waals surface area contributed by atoms with Gasteiger partial charge in [-0.15, -0.1) is 11.3 Å². The van der Waals surface area contributed by atoms with Gasteiger partial charge >= 0.3 is 6.01 Å². The number of aromatic nitrogens is 4. The van der Waals surface area contributed by atoms with Crippen molar-refractivity contribution < 1.29 is 13.2 Å². The Bertz CT molecular complexity index is 1750. The molecule has 1 aliphatic heterocycles. The first kappa shape index (κ1) is 28.0. The van der Waals surface area contributed by atoms with Gasteiger partial charge in [0.15, 0.2) is 0 Å². The van der Waals surface area contributed by atoms with E-state index < -0.39 is 9.84 Å². The first-order valence-corrected chi connectivity index (χ1v) is 16.3. The van der Waals surface area contributed by atoms with Crippen LogP contribution in [0.2, 0.25) is 0 Å². The number of hydrogen-bond donors (Lipinski definition) is 0. The summed E-state index contributed by atoms with van der Waals surface area (Å²) in [6.07, 6.45) is 3.14. The van der Waals surface area contributed by atoms with E-state index >= 15 is 0 Å². The predicted octanol–water partition coefficient (Wildman–Crippen LogP) is 5.80. The van der Waals surface area contributed by atoms with Gasteiger partial charge in [0.1, 0.15) is 11.6 Å². The van der Waals surface area contributed by atoms with Crippen molar-refractivity contribution in [2.45, 2.75) is 36.2 Å². The van der Waals surface area contributed by atoms with E-state index in [0.717, 1.165) is 59.7 Å². The Morgan fingerprint density at radius 2 is 1.62 bits per heavy atom. The lowest BCUT2D eigenvalue weighted by Gasteiger charge is -2.26. The van der Waals surface area contributed by atoms with Gasteiger partial charge in [0.05, 0.1) is 21.7 Å². The van der Waals surface area contributed by atoms with Gasteiger partial charge in [-0.1, -0.05) is 29.8 Å². The second kappa shape index (κ2) is 12.0. The van der Waals surface area contributed by atoms with Gasteiger partial charge in [-0.25, -0.2) is 13.4 Å². The Kier molecular flexibility index (Phi) is 8.03. The number of thiazole rings is 1. The number of ether oxygens (including phenoxy) is 1. The smallest absolute Gasteiger partial charge is 0.322 e. The van der Waals surface area contributed by atoms with Crippen LogP contribution < -0.4 is 14.5 Å². The summed E-state index contributed by atoms with van der Waals surface area (Å²) in [6.45, 7) is 4.26. The Labute approximate surface area is 249 Å². The van der Waals surface area contributed by atoms with Crippen molar-refractivity contribution >= 4 is 43.0 Å². The number of piperidine rings is 1. The molecule has 0 bridgehead atoms. The molecule has 2 aromatic heterocycles. The number of anilines is 2. The quantitative estimate of drug-likeness (QED) is 0.208. The average molecular weight is 601 g/mol. The fraction of sp³-hybridized carbons (Fsp3) is 0.290. The number of rotatable bonds is 9. The molecule has 0 unspecified atom stereocenters. The van der Waals surface area contributed by atoms with Crippen LogP contribution in [0.15, 0.2) is 82.8 Å². The van der Waals surface area contributed by atoms with Gasteiger partial charge in [-0.2, -0.15) is 15.0 Å². The largest absolute Gasteiger partial charge is 0.461 e. The maximum absolute atomic E-state index is 13.4. The molecule has 3 aromatic carbocycles. The number of likely N-dealkylation sites (N-methyl/N-ethyl adjacent to an activating group) is 1. The Morgan fingerprint density at radius 3 is 2.36 bits per heavy atom. The molecule has 0 N–H and O–H groups in total. The summed E-state index contributed by atoms with van der Waals surface area (Å²) >= 11 is 1.68. The molecule has 0 saturated carbocycles. The van der Waals surface area contributed by atoms with Crippen molar-refractivity contribution in [2.24, 2.45) is 0 Å². The van der Waals surface area contributed by atoms with E-state index in [4.69, 9.17) is 9.72 Å². The van der Waals surface area contributed by atoms with E-state index in [1.54, 1.807) is 35.6 Å². The summed E-state index contributed by atoms with van der Waals surface area (Å²) in [7, 11) is -1.96. The summed E-state index contributed by atoms with van der Waals surface area (Å²) in [6, 6.07) is 23.1. The fourth-order valence-electron chi connectivity index (χ4n) is 4.83. The van der Waals surface area contributed by atoms with Crippen LogP contribution in [0.5, 0.6) is 6.01 Å². The van der Waals surface area contributed by atoms with Crippen LogP contribution in [-0.2, 0) is 9.84 Å². The topological polar surface area (TPSA) is 101 Å². The lowest BCUT2D eigenvalue weighted by Crippen LogP contribution is -2.32. The van der Waals surface area contributed by atoms with Crippen LogP contribution in [0.3, 0.4) is 0 Å². The third-order valence-corrected chi connectivity index (χ3v) is 9.94. The number of fused-ring (bicyclic) bond motifs is 1. The minimum absolute atomic E-state index is 0.0100. The standard InChI is InChI=1S/C31H32N6O3S2/c1-22-10-16-25(17-11-22)42(38,39)31-34-29(37-18-6-3-7-19-37)33-30(35-31)40-21-20-36(2)24-14-12-23(13-15-24)28-32-26-8-4-5-9-27(26)41-28/h4-5,8-17H,3,6-7,18-21H2,1-2H3. The van der Waals surface area contributed by atoms with Crippen LogP contribution in [0.25, 0.3) is 20.8 Å². The highest BCUT2D eigenvalue weighted by molar-refractivity contribution is 7.91. The molecule has 9 nitrogen and oxygen atoms in total. The number of para-hydroxylation sites is 1. The average Bonchev–Trinajstić information content (AvgIpc) is 3.46. The molecule has 5 aromatic rings. The molecule has 0 atom stereocenters. The van der Waals surface area contributed by atoms with Crippen molar-refractivity contribution in [3.05, 3.63) is 78.4 Å². The molecule has 0 spiro atoms. The molecule has 1 saturated heterocycles. The first-order valence-electron chi connectivity index (χ1n) is 14.0. The van der Waals surface area contributed by atoms with E-state index in [2.05, 4.69) is 50.2 Å². The third kappa shape index (κ3) is 6.07. The zero-order chi connectivity index (χ0) is 29.1. The molecular formula is C31H32N6O3S2. The van der Waals surface area contributed by atoms with Gasteiger partial charge in [-0.05, 0) is 74.7 Å². The zero-order valence-electron chi connectivity index (χ0n) is 23.6. The number of benzene rings is 3. The van der Waals surface area contributed by atoms with E-state index in [1.165, 1.54) is 4.70 Å². The lowest BCUT2D eigenvalue weighted by molar-refractivity contribution is 0.295. The minimum Gasteiger partial charge on any atom is -0.461 e. The van der Waals surface area contributed by atoms with Crippen molar-refractivity contribution in [1.82, 2.24) is 19.9 Å². The van der Waals surface area contributed by atoms with E-state index in [9.17, 15) is 8.42 Å².